The van der Waals surface area contributed by atoms with Gasteiger partial charge in [0.1, 0.15) is 11.2 Å². The first-order valence-corrected chi connectivity index (χ1v) is 9.93. The van der Waals surface area contributed by atoms with Crippen LogP contribution in [0.1, 0.15) is 43.6 Å². The smallest absolute Gasteiger partial charge is 0.148 e. The molecular weight excluding hydrogens is 407 g/mol. The fourth-order valence-electron chi connectivity index (χ4n) is 4.39. The first-order valence-electron chi connectivity index (χ1n) is 8.85. The highest BCUT2D eigenvalue weighted by Crippen LogP contribution is 2.44. The number of benzene rings is 3. The van der Waals surface area contributed by atoms with Gasteiger partial charge in [0, 0.05) is 16.3 Å². The Hall–Kier alpha value is -1.55. The Kier molecular flexibility index (Phi) is 3.55. The lowest BCUT2D eigenvalue weighted by molar-refractivity contribution is 0.444. The second-order valence-corrected chi connectivity index (χ2v) is 8.10. The molecule has 1 aliphatic carbocycles. The summed E-state index contributed by atoms with van der Waals surface area (Å²) in [6.45, 7) is 0. The predicted molar refractivity (Wildman–Crippen MR) is 110 cm³/mol. The molecule has 0 radical (unpaired) electrons. The average molecular weight is 426 g/mol. The Bertz CT molecular complexity index is 1050. The van der Waals surface area contributed by atoms with E-state index in [4.69, 9.17) is 4.42 Å². The summed E-state index contributed by atoms with van der Waals surface area (Å²) in [7, 11) is 0. The highest BCUT2D eigenvalue weighted by molar-refractivity contribution is 14.1. The van der Waals surface area contributed by atoms with E-state index >= 15 is 0 Å². The molecule has 0 unspecified atom stereocenters. The molecule has 0 aliphatic heterocycles. The van der Waals surface area contributed by atoms with Crippen molar-refractivity contribution in [3.8, 4) is 0 Å². The van der Waals surface area contributed by atoms with E-state index in [0.29, 0.717) is 5.92 Å². The van der Waals surface area contributed by atoms with E-state index in [2.05, 4.69) is 71.1 Å². The van der Waals surface area contributed by atoms with E-state index < -0.39 is 0 Å². The maximum atomic E-state index is 6.47. The van der Waals surface area contributed by atoms with Crippen LogP contribution in [0.25, 0.3) is 32.7 Å². The third-order valence-electron chi connectivity index (χ3n) is 5.51. The van der Waals surface area contributed by atoms with Gasteiger partial charge in [-0.15, -0.1) is 0 Å². The van der Waals surface area contributed by atoms with Crippen molar-refractivity contribution in [2.24, 2.45) is 0 Å². The van der Waals surface area contributed by atoms with Gasteiger partial charge in [0.2, 0.25) is 0 Å². The molecule has 0 amide bonds. The van der Waals surface area contributed by atoms with Crippen molar-refractivity contribution < 1.29 is 4.42 Å². The quantitative estimate of drug-likeness (QED) is 0.289. The number of furan rings is 1. The van der Waals surface area contributed by atoms with Gasteiger partial charge < -0.3 is 4.42 Å². The first kappa shape index (κ1) is 14.8. The number of fused-ring (bicyclic) bond motifs is 4. The lowest BCUT2D eigenvalue weighted by Crippen LogP contribution is -2.05. The van der Waals surface area contributed by atoms with Gasteiger partial charge in [-0.25, -0.2) is 0 Å². The molecule has 1 saturated carbocycles. The summed E-state index contributed by atoms with van der Waals surface area (Å²) in [4.78, 5) is 0. The van der Waals surface area contributed by atoms with Gasteiger partial charge in [-0.2, -0.15) is 0 Å². The topological polar surface area (TPSA) is 13.1 Å². The minimum atomic E-state index is 0.630. The van der Waals surface area contributed by atoms with Gasteiger partial charge in [0.05, 0.1) is 3.57 Å². The maximum Gasteiger partial charge on any atom is 0.148 e. The Morgan fingerprint density at radius 1 is 0.792 bits per heavy atom. The SMILES string of the molecule is Ic1cccc2c1oc1c(C3CCCCC3)c3ccccc3cc12. The third-order valence-corrected chi connectivity index (χ3v) is 6.36. The van der Waals surface area contributed by atoms with Crippen molar-refractivity contribution in [1.29, 1.82) is 0 Å². The van der Waals surface area contributed by atoms with E-state index in [1.165, 1.54) is 62.8 Å². The number of hydrogen-bond acceptors (Lipinski definition) is 1. The Balaban J connectivity index is 1.94. The van der Waals surface area contributed by atoms with Crippen molar-refractivity contribution in [3.05, 3.63) is 57.7 Å². The van der Waals surface area contributed by atoms with Gasteiger partial charge in [-0.1, -0.05) is 55.7 Å². The fourth-order valence-corrected chi connectivity index (χ4v) is 5.00. The molecule has 0 saturated heterocycles. The van der Waals surface area contributed by atoms with E-state index in [-0.39, 0.29) is 0 Å². The summed E-state index contributed by atoms with van der Waals surface area (Å²) < 4.78 is 7.66. The Morgan fingerprint density at radius 2 is 1.58 bits per heavy atom. The minimum absolute atomic E-state index is 0.630. The number of rotatable bonds is 1. The Labute approximate surface area is 155 Å². The molecule has 1 aromatic heterocycles. The van der Waals surface area contributed by atoms with E-state index in [0.717, 1.165) is 11.2 Å². The fraction of sp³-hybridized carbons (Fsp3) is 0.273. The molecule has 120 valence electrons. The number of halogens is 1. The zero-order chi connectivity index (χ0) is 16.1. The third kappa shape index (κ3) is 2.19. The standard InChI is InChI=1S/C22H19IO/c23-19-12-6-11-17-18-13-15-9-4-5-10-16(15)20(22(18)24-21(17)19)14-7-2-1-3-8-14/h4-6,9-14H,1-3,7-8H2. The summed E-state index contributed by atoms with van der Waals surface area (Å²) in [6, 6.07) is 17.6. The van der Waals surface area contributed by atoms with E-state index in [1.807, 2.05) is 0 Å². The van der Waals surface area contributed by atoms with Gasteiger partial charge in [0.25, 0.3) is 0 Å². The average Bonchev–Trinajstić information content (AvgIpc) is 3.00. The van der Waals surface area contributed by atoms with Crippen LogP contribution in [0, 0.1) is 3.57 Å². The van der Waals surface area contributed by atoms with Gasteiger partial charge in [-0.3, -0.25) is 0 Å². The van der Waals surface area contributed by atoms with Gasteiger partial charge in [0.15, 0.2) is 0 Å². The Morgan fingerprint density at radius 3 is 2.46 bits per heavy atom. The summed E-state index contributed by atoms with van der Waals surface area (Å²) in [5, 5.41) is 5.25. The van der Waals surface area contributed by atoms with Crippen LogP contribution in [0.3, 0.4) is 0 Å². The molecule has 2 heteroatoms. The molecule has 1 nitrogen and oxygen atoms in total. The largest absolute Gasteiger partial charge is 0.455 e. The second-order valence-electron chi connectivity index (χ2n) is 6.94. The van der Waals surface area contributed by atoms with Crippen molar-refractivity contribution >= 4 is 55.3 Å². The molecule has 0 bridgehead atoms. The van der Waals surface area contributed by atoms with Crippen LogP contribution < -0.4 is 0 Å². The van der Waals surface area contributed by atoms with E-state index in [9.17, 15) is 0 Å². The van der Waals surface area contributed by atoms with E-state index in [1.54, 1.807) is 0 Å². The zero-order valence-electron chi connectivity index (χ0n) is 13.5. The van der Waals surface area contributed by atoms with Crippen LogP contribution in [0.5, 0.6) is 0 Å². The summed E-state index contributed by atoms with van der Waals surface area (Å²) in [6.07, 6.45) is 6.64. The molecule has 0 N–H and O–H groups in total. The van der Waals surface area contributed by atoms with Gasteiger partial charge >= 0.3 is 0 Å². The van der Waals surface area contributed by atoms with Crippen LogP contribution in [0.15, 0.2) is 52.9 Å². The zero-order valence-corrected chi connectivity index (χ0v) is 15.7. The van der Waals surface area contributed by atoms with Crippen LogP contribution >= 0.6 is 22.6 Å². The van der Waals surface area contributed by atoms with Crippen molar-refractivity contribution in [3.63, 3.8) is 0 Å². The lowest BCUT2D eigenvalue weighted by Gasteiger charge is -2.23. The van der Waals surface area contributed by atoms with Crippen LogP contribution in [-0.4, -0.2) is 0 Å². The molecule has 5 rings (SSSR count). The molecule has 3 aromatic carbocycles. The highest BCUT2D eigenvalue weighted by Gasteiger charge is 2.23. The number of para-hydroxylation sites is 1. The molecule has 1 aliphatic rings. The van der Waals surface area contributed by atoms with Crippen LogP contribution in [-0.2, 0) is 0 Å². The summed E-state index contributed by atoms with van der Waals surface area (Å²) in [5.74, 6) is 0.630. The molecule has 0 atom stereocenters. The summed E-state index contributed by atoms with van der Waals surface area (Å²) >= 11 is 2.39. The highest BCUT2D eigenvalue weighted by atomic mass is 127. The number of hydrogen-bond donors (Lipinski definition) is 0. The monoisotopic (exact) mass is 426 g/mol. The predicted octanol–water partition coefficient (Wildman–Crippen LogP) is 7.39. The van der Waals surface area contributed by atoms with Crippen LogP contribution in [0.2, 0.25) is 0 Å². The molecule has 1 heterocycles. The van der Waals surface area contributed by atoms with Crippen molar-refractivity contribution in [2.75, 3.05) is 0 Å². The lowest BCUT2D eigenvalue weighted by atomic mass is 9.81. The van der Waals surface area contributed by atoms with Crippen molar-refractivity contribution in [1.82, 2.24) is 0 Å². The molecule has 0 spiro atoms. The summed E-state index contributed by atoms with van der Waals surface area (Å²) in [5.41, 5.74) is 3.62. The molecule has 4 aromatic rings. The second kappa shape index (κ2) is 5.76. The van der Waals surface area contributed by atoms with Crippen molar-refractivity contribution in [2.45, 2.75) is 38.0 Å². The molecular formula is C22H19IO. The maximum absolute atomic E-state index is 6.47. The minimum Gasteiger partial charge on any atom is -0.455 e. The first-order chi connectivity index (χ1) is 11.8. The van der Waals surface area contributed by atoms with Crippen LogP contribution in [0.4, 0.5) is 0 Å². The molecule has 24 heavy (non-hydrogen) atoms. The molecule has 1 fully saturated rings. The van der Waals surface area contributed by atoms with Gasteiger partial charge in [-0.05, 0) is 64.3 Å². The normalized spacial score (nSPS) is 16.4.